The average molecular weight is 275 g/mol. The van der Waals surface area contributed by atoms with Crippen LogP contribution in [0.25, 0.3) is 21.5 Å². The number of hydrogen-bond donors (Lipinski definition) is 1. The molecular formula is C19H17NO. The maximum absolute atomic E-state index is 11.7. The molecule has 3 aromatic rings. The third-order valence-corrected chi connectivity index (χ3v) is 3.68. The van der Waals surface area contributed by atoms with Crippen molar-refractivity contribution in [3.63, 3.8) is 0 Å². The van der Waals surface area contributed by atoms with Crippen LogP contribution in [0.5, 0.6) is 0 Å². The zero-order valence-electron chi connectivity index (χ0n) is 12.0. The van der Waals surface area contributed by atoms with Crippen molar-refractivity contribution in [2.45, 2.75) is 13.5 Å². The molecule has 1 amide bonds. The number of benzene rings is 3. The van der Waals surface area contributed by atoms with Gasteiger partial charge >= 0.3 is 0 Å². The first-order valence-electron chi connectivity index (χ1n) is 7.00. The highest BCUT2D eigenvalue weighted by molar-refractivity contribution is 6.09. The molecule has 104 valence electrons. The molecule has 0 saturated carbocycles. The molecule has 0 aromatic heterocycles. The van der Waals surface area contributed by atoms with E-state index in [1.807, 2.05) is 18.2 Å². The second-order valence-corrected chi connectivity index (χ2v) is 5.27. The van der Waals surface area contributed by atoms with Gasteiger partial charge in [0, 0.05) is 12.1 Å². The molecular weight excluding hydrogens is 258 g/mol. The maximum Gasteiger partial charge on any atom is 0.246 e. The Labute approximate surface area is 124 Å². The molecule has 0 radical (unpaired) electrons. The zero-order chi connectivity index (χ0) is 14.8. The standard InChI is InChI=1S/C19H17NO/c1-13(2)19(21)20-12-15-11-14-7-3-4-8-16(14)18-10-6-5-9-17(15)18/h3-11H,1,12H2,2H3,(H,20,21). The molecule has 3 rings (SSSR count). The van der Waals surface area contributed by atoms with Gasteiger partial charge < -0.3 is 5.32 Å². The molecule has 0 spiro atoms. The Balaban J connectivity index is 2.12. The van der Waals surface area contributed by atoms with Gasteiger partial charge in [-0.2, -0.15) is 0 Å². The van der Waals surface area contributed by atoms with Gasteiger partial charge in [0.1, 0.15) is 0 Å². The summed E-state index contributed by atoms with van der Waals surface area (Å²) in [5, 5.41) is 7.74. The van der Waals surface area contributed by atoms with Gasteiger partial charge in [-0.1, -0.05) is 55.1 Å². The number of fused-ring (bicyclic) bond motifs is 3. The van der Waals surface area contributed by atoms with Crippen molar-refractivity contribution in [2.75, 3.05) is 0 Å². The monoisotopic (exact) mass is 275 g/mol. The van der Waals surface area contributed by atoms with Crippen molar-refractivity contribution in [3.8, 4) is 0 Å². The van der Waals surface area contributed by atoms with Crippen LogP contribution in [0.4, 0.5) is 0 Å². The minimum Gasteiger partial charge on any atom is -0.348 e. The van der Waals surface area contributed by atoms with Gasteiger partial charge in [0.05, 0.1) is 0 Å². The molecule has 2 nitrogen and oxygen atoms in total. The first-order valence-corrected chi connectivity index (χ1v) is 7.00. The predicted molar refractivity (Wildman–Crippen MR) is 88.1 cm³/mol. The van der Waals surface area contributed by atoms with Crippen LogP contribution in [-0.2, 0) is 11.3 Å². The Morgan fingerprint density at radius 1 is 1.00 bits per heavy atom. The van der Waals surface area contributed by atoms with Crippen molar-refractivity contribution in [3.05, 3.63) is 72.3 Å². The van der Waals surface area contributed by atoms with Crippen molar-refractivity contribution < 1.29 is 4.79 Å². The van der Waals surface area contributed by atoms with Crippen molar-refractivity contribution in [2.24, 2.45) is 0 Å². The van der Waals surface area contributed by atoms with E-state index in [0.717, 1.165) is 5.56 Å². The average Bonchev–Trinajstić information content (AvgIpc) is 2.52. The van der Waals surface area contributed by atoms with E-state index in [0.29, 0.717) is 12.1 Å². The van der Waals surface area contributed by atoms with Crippen LogP contribution in [-0.4, -0.2) is 5.91 Å². The van der Waals surface area contributed by atoms with Crippen LogP contribution in [0.2, 0.25) is 0 Å². The Morgan fingerprint density at radius 3 is 2.33 bits per heavy atom. The van der Waals surface area contributed by atoms with Gasteiger partial charge in [0.15, 0.2) is 0 Å². The van der Waals surface area contributed by atoms with Crippen LogP contribution in [0.15, 0.2) is 66.7 Å². The molecule has 0 aliphatic rings. The quantitative estimate of drug-likeness (QED) is 0.563. The molecule has 0 aliphatic heterocycles. The van der Waals surface area contributed by atoms with Crippen molar-refractivity contribution in [1.82, 2.24) is 5.32 Å². The summed E-state index contributed by atoms with van der Waals surface area (Å²) in [5.41, 5.74) is 1.65. The first kappa shape index (κ1) is 13.4. The lowest BCUT2D eigenvalue weighted by Crippen LogP contribution is -2.23. The number of rotatable bonds is 3. The molecule has 21 heavy (non-hydrogen) atoms. The van der Waals surface area contributed by atoms with Crippen LogP contribution in [0.3, 0.4) is 0 Å². The SMILES string of the molecule is C=C(C)C(=O)NCc1cc2ccccc2c2ccccc12. The summed E-state index contributed by atoms with van der Waals surface area (Å²) in [5.74, 6) is -0.104. The summed E-state index contributed by atoms with van der Waals surface area (Å²) in [6, 6.07) is 18.8. The lowest BCUT2D eigenvalue weighted by Gasteiger charge is -2.11. The van der Waals surface area contributed by atoms with Crippen molar-refractivity contribution in [1.29, 1.82) is 0 Å². The fourth-order valence-electron chi connectivity index (χ4n) is 2.60. The highest BCUT2D eigenvalue weighted by atomic mass is 16.1. The summed E-state index contributed by atoms with van der Waals surface area (Å²) in [6.45, 7) is 5.89. The molecule has 0 aliphatic carbocycles. The molecule has 2 heteroatoms. The number of amides is 1. The van der Waals surface area contributed by atoms with E-state index in [-0.39, 0.29) is 5.91 Å². The molecule has 1 N–H and O–H groups in total. The Hall–Kier alpha value is -2.61. The van der Waals surface area contributed by atoms with Crippen LogP contribution >= 0.6 is 0 Å². The fraction of sp³-hybridized carbons (Fsp3) is 0.105. The number of nitrogens with one attached hydrogen (secondary N) is 1. The Kier molecular flexibility index (Phi) is 3.44. The van der Waals surface area contributed by atoms with Crippen LogP contribution in [0.1, 0.15) is 12.5 Å². The summed E-state index contributed by atoms with van der Waals surface area (Å²) in [7, 11) is 0. The Bertz CT molecular complexity index is 848. The Morgan fingerprint density at radius 2 is 1.62 bits per heavy atom. The van der Waals surface area contributed by atoms with E-state index in [4.69, 9.17) is 0 Å². The van der Waals surface area contributed by atoms with Gasteiger partial charge in [-0.05, 0) is 40.1 Å². The van der Waals surface area contributed by atoms with E-state index in [1.54, 1.807) is 6.92 Å². The lowest BCUT2D eigenvalue weighted by atomic mass is 9.97. The van der Waals surface area contributed by atoms with Gasteiger partial charge in [-0.3, -0.25) is 4.79 Å². The van der Waals surface area contributed by atoms with E-state index in [1.165, 1.54) is 21.5 Å². The first-order chi connectivity index (χ1) is 10.2. The largest absolute Gasteiger partial charge is 0.348 e. The molecule has 3 aromatic carbocycles. The number of carbonyl (C=O) groups is 1. The minimum atomic E-state index is -0.104. The fourth-order valence-corrected chi connectivity index (χ4v) is 2.60. The number of carbonyl (C=O) groups excluding carboxylic acids is 1. The molecule has 0 atom stereocenters. The molecule has 0 saturated heterocycles. The van der Waals surface area contributed by atoms with Gasteiger partial charge in [0.2, 0.25) is 5.91 Å². The summed E-state index contributed by atoms with van der Waals surface area (Å²) in [4.78, 5) is 11.7. The van der Waals surface area contributed by atoms with E-state index >= 15 is 0 Å². The van der Waals surface area contributed by atoms with Crippen molar-refractivity contribution >= 4 is 27.5 Å². The molecule has 0 heterocycles. The van der Waals surface area contributed by atoms with Crippen LogP contribution in [0, 0.1) is 0 Å². The predicted octanol–water partition coefficient (Wildman–Crippen LogP) is 4.19. The number of hydrogen-bond acceptors (Lipinski definition) is 1. The molecule has 0 fully saturated rings. The highest BCUT2D eigenvalue weighted by Gasteiger charge is 2.07. The zero-order valence-corrected chi connectivity index (χ0v) is 12.0. The van der Waals surface area contributed by atoms with Gasteiger partial charge in [0.25, 0.3) is 0 Å². The molecule has 0 unspecified atom stereocenters. The summed E-state index contributed by atoms with van der Waals surface area (Å²) >= 11 is 0. The topological polar surface area (TPSA) is 29.1 Å². The lowest BCUT2D eigenvalue weighted by molar-refractivity contribution is -0.117. The second kappa shape index (κ2) is 5.41. The van der Waals surface area contributed by atoms with E-state index in [2.05, 4.69) is 48.3 Å². The third kappa shape index (κ3) is 2.52. The van der Waals surface area contributed by atoms with Gasteiger partial charge in [-0.15, -0.1) is 0 Å². The molecule has 0 bridgehead atoms. The summed E-state index contributed by atoms with van der Waals surface area (Å²) < 4.78 is 0. The summed E-state index contributed by atoms with van der Waals surface area (Å²) in [6.07, 6.45) is 0. The van der Waals surface area contributed by atoms with Gasteiger partial charge in [-0.25, -0.2) is 0 Å². The maximum atomic E-state index is 11.7. The van der Waals surface area contributed by atoms with E-state index in [9.17, 15) is 4.79 Å². The minimum absolute atomic E-state index is 0.104. The highest BCUT2D eigenvalue weighted by Crippen LogP contribution is 2.28. The van der Waals surface area contributed by atoms with Crippen LogP contribution < -0.4 is 5.32 Å². The van der Waals surface area contributed by atoms with E-state index < -0.39 is 0 Å². The smallest absolute Gasteiger partial charge is 0.246 e. The normalized spacial score (nSPS) is 10.7. The second-order valence-electron chi connectivity index (χ2n) is 5.27. The third-order valence-electron chi connectivity index (χ3n) is 3.68.